The lowest BCUT2D eigenvalue weighted by atomic mass is 9.85. The van der Waals surface area contributed by atoms with Crippen LogP contribution in [0.4, 0.5) is 0 Å². The van der Waals surface area contributed by atoms with Crippen LogP contribution in [0.2, 0.25) is 0 Å². The summed E-state index contributed by atoms with van der Waals surface area (Å²) in [4.78, 5) is 36.9. The molecule has 54 heavy (non-hydrogen) atoms. The number of hydrogen-bond acceptors (Lipinski definition) is 19. The van der Waals surface area contributed by atoms with Gasteiger partial charge in [-0.1, -0.05) is 6.07 Å². The van der Waals surface area contributed by atoms with Crippen LogP contribution in [0.3, 0.4) is 0 Å². The van der Waals surface area contributed by atoms with E-state index in [4.69, 9.17) is 47.4 Å². The molecule has 4 aliphatic heterocycles. The van der Waals surface area contributed by atoms with Gasteiger partial charge in [0.15, 0.2) is 36.3 Å². The molecular weight excluding hydrogens is 724 g/mol. The van der Waals surface area contributed by atoms with Gasteiger partial charge >= 0.3 is 17.9 Å². The molecule has 4 heterocycles. The van der Waals surface area contributed by atoms with Gasteiger partial charge < -0.3 is 78.0 Å². The quantitative estimate of drug-likeness (QED) is 0.0604. The van der Waals surface area contributed by atoms with E-state index < -0.39 is 122 Å². The van der Waals surface area contributed by atoms with Crippen LogP contribution in [-0.4, -0.2) is 154 Å². The predicted octanol–water partition coefficient (Wildman–Crippen LogP) is -1.62. The molecule has 1 aliphatic carbocycles. The maximum atomic E-state index is 13.0. The van der Waals surface area contributed by atoms with Gasteiger partial charge in [-0.25, -0.2) is 4.79 Å². The Balaban J connectivity index is 1.25. The highest BCUT2D eigenvalue weighted by Crippen LogP contribution is 2.61. The number of rotatable bonds is 12. The Morgan fingerprint density at radius 2 is 1.61 bits per heavy atom. The van der Waals surface area contributed by atoms with Crippen LogP contribution in [0.25, 0.3) is 6.08 Å². The number of methoxy groups -OCH3 is 1. The second-order valence-electron chi connectivity index (χ2n) is 13.6. The van der Waals surface area contributed by atoms with Crippen molar-refractivity contribution in [2.75, 3.05) is 20.3 Å². The Hall–Kier alpha value is -3.89. The van der Waals surface area contributed by atoms with E-state index in [0.29, 0.717) is 5.56 Å². The molecule has 298 valence electrons. The molecule has 1 aromatic carbocycles. The molecule has 5 aliphatic rings. The summed E-state index contributed by atoms with van der Waals surface area (Å²) in [6.07, 6.45) is -12.2. The van der Waals surface area contributed by atoms with Gasteiger partial charge in [0.1, 0.15) is 48.8 Å². The number of ether oxygens (including phenoxy) is 10. The van der Waals surface area contributed by atoms with Gasteiger partial charge in [-0.2, -0.15) is 0 Å². The van der Waals surface area contributed by atoms with Crippen LogP contribution in [0.1, 0.15) is 26.3 Å². The molecule has 0 spiro atoms. The van der Waals surface area contributed by atoms with E-state index >= 15 is 0 Å². The Morgan fingerprint density at radius 1 is 0.889 bits per heavy atom. The maximum absolute atomic E-state index is 13.0. The van der Waals surface area contributed by atoms with E-state index in [1.165, 1.54) is 38.5 Å². The summed E-state index contributed by atoms with van der Waals surface area (Å²) in [7, 11) is 1.38. The summed E-state index contributed by atoms with van der Waals surface area (Å²) in [5.74, 6) is -3.70. The zero-order valence-electron chi connectivity index (χ0n) is 29.6. The fourth-order valence-corrected chi connectivity index (χ4v) is 7.41. The number of aliphatic hydroxyl groups excluding tert-OH is 5. The fraction of sp³-hybridized carbons (Fsp3) is 0.629. The van der Waals surface area contributed by atoms with Crippen LogP contribution in [0.5, 0.6) is 11.5 Å². The van der Waals surface area contributed by atoms with Crippen molar-refractivity contribution in [3.05, 3.63) is 42.2 Å². The van der Waals surface area contributed by atoms with E-state index in [1.807, 2.05) is 0 Å². The predicted molar refractivity (Wildman–Crippen MR) is 174 cm³/mol. The fourth-order valence-electron chi connectivity index (χ4n) is 7.41. The van der Waals surface area contributed by atoms with Crippen molar-refractivity contribution in [3.63, 3.8) is 0 Å². The highest BCUT2D eigenvalue weighted by Gasteiger charge is 2.78. The average molecular weight is 769 g/mol. The van der Waals surface area contributed by atoms with Crippen molar-refractivity contribution < 1.29 is 92.4 Å². The summed E-state index contributed by atoms with van der Waals surface area (Å²) in [6.45, 7) is 2.72. The van der Waals surface area contributed by atoms with Crippen molar-refractivity contribution in [2.45, 2.75) is 106 Å². The summed E-state index contributed by atoms with van der Waals surface area (Å²) >= 11 is 0. The third-order valence-electron chi connectivity index (χ3n) is 10.1. The third-order valence-corrected chi connectivity index (χ3v) is 10.1. The van der Waals surface area contributed by atoms with Crippen LogP contribution in [-0.2, 0) is 57.0 Å². The number of aromatic hydroxyl groups is 1. The number of phenols is 1. The molecule has 1 aromatic rings. The first-order chi connectivity index (χ1) is 25.7. The standard InChI is InChI=1S/C35H44O19/c1-14-28(49-15(2)37)27(44)30(50-16(3)38)34(48-14)52-29-18-9-10-46-32(53-33-26(43)25(42)24(41)21(12-36)51-33)23(18)35(31(29)54-35)13-47-22(40)8-6-17-5-7-19(39)20(11-17)45-4/h5-11,14,18,21,23-34,36,39,41-44H,12-13H2,1-4H3. The number of epoxide rings is 1. The van der Waals surface area contributed by atoms with Gasteiger partial charge in [0.05, 0.1) is 38.1 Å². The normalized spacial score (nSPS) is 40.9. The Kier molecular flexibility index (Phi) is 11.8. The van der Waals surface area contributed by atoms with E-state index in [2.05, 4.69) is 0 Å². The van der Waals surface area contributed by atoms with E-state index in [9.17, 15) is 45.0 Å². The van der Waals surface area contributed by atoms with Crippen LogP contribution >= 0.6 is 0 Å². The maximum Gasteiger partial charge on any atom is 0.330 e. The van der Waals surface area contributed by atoms with Gasteiger partial charge in [0.25, 0.3) is 0 Å². The lowest BCUT2D eigenvalue weighted by Gasteiger charge is -2.44. The molecule has 19 heteroatoms. The molecule has 19 nitrogen and oxygen atoms in total. The first-order valence-electron chi connectivity index (χ1n) is 17.2. The molecule has 4 fully saturated rings. The lowest BCUT2D eigenvalue weighted by molar-refractivity contribution is -0.347. The van der Waals surface area contributed by atoms with Gasteiger partial charge in [-0.15, -0.1) is 0 Å². The topological polar surface area (TPSA) is 268 Å². The van der Waals surface area contributed by atoms with Crippen molar-refractivity contribution in [3.8, 4) is 11.5 Å². The minimum Gasteiger partial charge on any atom is -0.504 e. The highest BCUT2D eigenvalue weighted by atomic mass is 16.8. The van der Waals surface area contributed by atoms with Crippen molar-refractivity contribution >= 4 is 24.0 Å². The van der Waals surface area contributed by atoms with E-state index in [-0.39, 0.29) is 18.1 Å². The molecule has 16 unspecified atom stereocenters. The number of phenolic OH excluding ortho intramolecular Hbond substituents is 1. The molecule has 16 atom stereocenters. The Morgan fingerprint density at radius 3 is 2.30 bits per heavy atom. The lowest BCUT2D eigenvalue weighted by Crippen LogP contribution is -2.61. The third kappa shape index (κ3) is 7.79. The zero-order chi connectivity index (χ0) is 39.1. The van der Waals surface area contributed by atoms with Crippen LogP contribution in [0, 0.1) is 11.8 Å². The number of carbonyl (C=O) groups excluding carboxylic acids is 3. The van der Waals surface area contributed by atoms with Crippen molar-refractivity contribution in [2.24, 2.45) is 11.8 Å². The minimum absolute atomic E-state index is 0.0870. The smallest absolute Gasteiger partial charge is 0.330 e. The van der Waals surface area contributed by atoms with Crippen molar-refractivity contribution in [1.29, 1.82) is 0 Å². The first kappa shape index (κ1) is 39.8. The zero-order valence-corrected chi connectivity index (χ0v) is 29.6. The number of benzene rings is 1. The van der Waals surface area contributed by atoms with Gasteiger partial charge in [0, 0.05) is 25.8 Å². The molecule has 1 saturated carbocycles. The molecule has 0 bridgehead atoms. The van der Waals surface area contributed by atoms with Gasteiger partial charge in [-0.3, -0.25) is 9.59 Å². The van der Waals surface area contributed by atoms with Crippen LogP contribution in [0.15, 0.2) is 36.6 Å². The number of hydrogen-bond donors (Lipinski definition) is 6. The summed E-state index contributed by atoms with van der Waals surface area (Å²) in [5.41, 5.74) is -0.837. The highest BCUT2D eigenvalue weighted by molar-refractivity contribution is 5.87. The monoisotopic (exact) mass is 768 g/mol. The first-order valence-corrected chi connectivity index (χ1v) is 17.2. The molecular formula is C35H44O19. The van der Waals surface area contributed by atoms with Gasteiger partial charge in [0.2, 0.25) is 6.29 Å². The number of esters is 3. The summed E-state index contributed by atoms with van der Waals surface area (Å²) in [6, 6.07) is 4.46. The SMILES string of the molecule is COc1cc(C=CC(=O)OCC23OC2C(OC2OC(C)C(OC(C)=O)C(O)C2OC(C)=O)C2C=COC(OC4OC(CO)C(O)C(O)C4O)C23)ccc1O. The second-order valence-corrected chi connectivity index (χ2v) is 13.6. The average Bonchev–Trinajstić information content (AvgIpc) is 3.80. The van der Waals surface area contributed by atoms with E-state index in [1.54, 1.807) is 12.1 Å². The molecule has 0 amide bonds. The summed E-state index contributed by atoms with van der Waals surface area (Å²) in [5, 5.41) is 62.1. The molecule has 6 rings (SSSR count). The Bertz CT molecular complexity index is 1600. The number of carbonyl (C=O) groups is 3. The minimum atomic E-state index is -1.77. The number of aliphatic hydroxyl groups is 5. The molecule has 6 N–H and O–H groups in total. The molecule has 0 radical (unpaired) electrons. The largest absolute Gasteiger partial charge is 0.504 e. The summed E-state index contributed by atoms with van der Waals surface area (Å²) < 4.78 is 57.4. The van der Waals surface area contributed by atoms with Gasteiger partial charge in [-0.05, 0) is 36.8 Å². The Labute approximate surface area is 308 Å². The second kappa shape index (κ2) is 16.1. The molecule has 3 saturated heterocycles. The van der Waals surface area contributed by atoms with Crippen molar-refractivity contribution in [1.82, 2.24) is 0 Å². The molecule has 0 aromatic heterocycles. The van der Waals surface area contributed by atoms with Crippen LogP contribution < -0.4 is 4.74 Å². The van der Waals surface area contributed by atoms with E-state index in [0.717, 1.165) is 19.9 Å². The number of fused-ring (bicyclic) bond motifs is 3.